The molecule has 0 saturated heterocycles. The highest BCUT2D eigenvalue weighted by Gasteiger charge is 2.37. The molecule has 0 radical (unpaired) electrons. The van der Waals surface area contributed by atoms with E-state index < -0.39 is 17.8 Å². The lowest BCUT2D eigenvalue weighted by Gasteiger charge is -2.11. The number of benzene rings is 3. The van der Waals surface area contributed by atoms with Crippen LogP contribution < -0.4 is 0 Å². The van der Waals surface area contributed by atoms with Gasteiger partial charge in [0.15, 0.2) is 5.69 Å². The highest BCUT2D eigenvalue weighted by atomic mass is 35.5. The Balaban J connectivity index is 1.37. The van der Waals surface area contributed by atoms with Crippen LogP contribution >= 0.6 is 11.6 Å². The normalized spacial score (nSPS) is 17.0. The number of rotatable bonds is 6. The van der Waals surface area contributed by atoms with Crippen molar-refractivity contribution in [3.63, 3.8) is 0 Å². The Kier molecular flexibility index (Phi) is 6.45. The van der Waals surface area contributed by atoms with Crippen LogP contribution in [0.3, 0.4) is 0 Å². The summed E-state index contributed by atoms with van der Waals surface area (Å²) in [5.74, 6) is 0.365. The van der Waals surface area contributed by atoms with Gasteiger partial charge in [-0.05, 0) is 54.2 Å². The summed E-state index contributed by atoms with van der Waals surface area (Å²) < 4.78 is 46.9. The van der Waals surface area contributed by atoms with E-state index in [2.05, 4.69) is 12.0 Å². The number of hydrogen-bond acceptors (Lipinski definition) is 4. The zero-order chi connectivity index (χ0) is 26.3. The molecule has 3 aromatic carbocycles. The maximum atomic E-state index is 13.4. The summed E-state index contributed by atoms with van der Waals surface area (Å²) in [5.41, 5.74) is 1.40. The molecule has 37 heavy (non-hydrogen) atoms. The van der Waals surface area contributed by atoms with Gasteiger partial charge in [-0.25, -0.2) is 9.48 Å². The van der Waals surface area contributed by atoms with Gasteiger partial charge in [0.25, 0.3) is 0 Å². The van der Waals surface area contributed by atoms with Crippen LogP contribution in [0.25, 0.3) is 16.9 Å². The van der Waals surface area contributed by atoms with Crippen molar-refractivity contribution in [1.82, 2.24) is 9.78 Å². The second-order valence-corrected chi connectivity index (χ2v) is 9.51. The first-order valence-corrected chi connectivity index (χ1v) is 12.0. The lowest BCUT2D eigenvalue weighted by Crippen LogP contribution is -2.07. The molecular weight excluding hydrogens is 505 g/mol. The van der Waals surface area contributed by atoms with Crippen LogP contribution in [-0.2, 0) is 17.5 Å². The van der Waals surface area contributed by atoms with Crippen LogP contribution in [0.1, 0.15) is 46.4 Å². The summed E-state index contributed by atoms with van der Waals surface area (Å²) in [4.78, 5) is 12.6. The third kappa shape index (κ3) is 5.06. The smallest absolute Gasteiger partial charge is 0.435 e. The molecule has 1 aliphatic rings. The molecule has 1 heterocycles. The molecule has 1 N–H and O–H groups in total. The number of aromatic nitrogens is 2. The molecular formula is C28H22ClF3N2O3. The number of nitrogens with zero attached hydrogens (tertiary/aromatic N) is 2. The minimum absolute atomic E-state index is 0.102. The van der Waals surface area contributed by atoms with E-state index in [1.54, 1.807) is 30.3 Å². The van der Waals surface area contributed by atoms with Crippen LogP contribution in [0, 0.1) is 5.92 Å². The highest BCUT2D eigenvalue weighted by molar-refractivity contribution is 6.32. The van der Waals surface area contributed by atoms with E-state index in [1.807, 2.05) is 12.1 Å². The van der Waals surface area contributed by atoms with Gasteiger partial charge in [0, 0.05) is 11.1 Å². The van der Waals surface area contributed by atoms with Crippen molar-refractivity contribution in [2.45, 2.75) is 32.0 Å². The standard InChI is InChI=1S/C28H22ClF3N2O3/c1-16-13-21(16)20-6-4-5-19(26(20)35)15-37-27(36)18-11-9-17(10-12-18)24-14-25(28(30,31)32)33-34(24)23-8-3-2-7-22(23)29/h2-12,14,16,21,35H,13,15H2,1H3/t16-,21?/m1/s1. The number of carbonyl (C=O) groups excluding carboxylic acids is 1. The topological polar surface area (TPSA) is 64.3 Å². The number of halogens is 4. The van der Waals surface area contributed by atoms with Crippen LogP contribution in [0.2, 0.25) is 5.02 Å². The zero-order valence-corrected chi connectivity index (χ0v) is 20.4. The van der Waals surface area contributed by atoms with Gasteiger partial charge < -0.3 is 9.84 Å². The molecule has 0 amide bonds. The lowest BCUT2D eigenvalue weighted by molar-refractivity contribution is -0.141. The molecule has 1 aromatic heterocycles. The Bertz CT molecular complexity index is 1460. The van der Waals surface area contributed by atoms with Gasteiger partial charge in [0.2, 0.25) is 0 Å². The molecule has 1 fully saturated rings. The van der Waals surface area contributed by atoms with Gasteiger partial charge in [-0.3, -0.25) is 0 Å². The fourth-order valence-corrected chi connectivity index (χ4v) is 4.53. The number of phenols is 1. The third-order valence-corrected chi connectivity index (χ3v) is 6.83. The Morgan fingerprint density at radius 3 is 2.46 bits per heavy atom. The number of phenolic OH excluding ortho intramolecular Hbond substituents is 1. The first kappa shape index (κ1) is 24.9. The van der Waals surface area contributed by atoms with E-state index in [4.69, 9.17) is 16.3 Å². The van der Waals surface area contributed by atoms with E-state index in [0.29, 0.717) is 28.7 Å². The van der Waals surface area contributed by atoms with Gasteiger partial charge in [0.1, 0.15) is 12.4 Å². The van der Waals surface area contributed by atoms with Crippen LogP contribution in [0.5, 0.6) is 5.75 Å². The van der Waals surface area contributed by atoms with Gasteiger partial charge >= 0.3 is 12.1 Å². The van der Waals surface area contributed by atoms with Crippen molar-refractivity contribution in [3.05, 3.63) is 100 Å². The van der Waals surface area contributed by atoms with Crippen molar-refractivity contribution in [3.8, 4) is 22.7 Å². The van der Waals surface area contributed by atoms with Crippen LogP contribution in [0.15, 0.2) is 72.8 Å². The minimum atomic E-state index is -4.65. The first-order valence-electron chi connectivity index (χ1n) is 11.6. The van der Waals surface area contributed by atoms with E-state index in [9.17, 15) is 23.1 Å². The number of ether oxygens (including phenoxy) is 1. The quantitative estimate of drug-likeness (QED) is 0.266. The molecule has 190 valence electrons. The highest BCUT2D eigenvalue weighted by Crippen LogP contribution is 2.50. The monoisotopic (exact) mass is 526 g/mol. The van der Waals surface area contributed by atoms with E-state index >= 15 is 0 Å². The van der Waals surface area contributed by atoms with Gasteiger partial charge in [0.05, 0.1) is 22.0 Å². The van der Waals surface area contributed by atoms with Crippen LogP contribution in [0.4, 0.5) is 13.2 Å². The SMILES string of the molecule is C[C@@H]1CC1c1cccc(COC(=O)c2ccc(-c3cc(C(F)(F)F)nn3-c3ccccc3Cl)cc2)c1O. The average molecular weight is 527 g/mol. The van der Waals surface area contributed by atoms with Crippen LogP contribution in [-0.4, -0.2) is 20.9 Å². The minimum Gasteiger partial charge on any atom is -0.507 e. The molecule has 2 atom stereocenters. The average Bonchev–Trinajstić information content (AvgIpc) is 3.41. The molecule has 1 saturated carbocycles. The molecule has 1 aliphatic carbocycles. The number of aromatic hydroxyl groups is 1. The molecule has 0 spiro atoms. The lowest BCUT2D eigenvalue weighted by atomic mass is 10.0. The molecule has 0 aliphatic heterocycles. The summed E-state index contributed by atoms with van der Waals surface area (Å²) in [6.07, 6.45) is -3.63. The van der Waals surface area contributed by atoms with Crippen molar-refractivity contribution >= 4 is 17.6 Å². The summed E-state index contributed by atoms with van der Waals surface area (Å²) in [6, 6.07) is 18.8. The molecule has 5 nitrogen and oxygen atoms in total. The predicted molar refractivity (Wildman–Crippen MR) is 133 cm³/mol. The number of carbonyl (C=O) groups is 1. The zero-order valence-electron chi connectivity index (χ0n) is 19.7. The second kappa shape index (κ2) is 9.59. The van der Waals surface area contributed by atoms with Crippen molar-refractivity contribution in [1.29, 1.82) is 0 Å². The number of alkyl halides is 3. The summed E-state index contributed by atoms with van der Waals surface area (Å²) >= 11 is 6.22. The number of esters is 1. The summed E-state index contributed by atoms with van der Waals surface area (Å²) in [5, 5.41) is 14.6. The molecule has 1 unspecified atom stereocenters. The molecule has 9 heteroatoms. The Morgan fingerprint density at radius 1 is 1.11 bits per heavy atom. The van der Waals surface area contributed by atoms with E-state index in [0.717, 1.165) is 22.7 Å². The molecule has 5 rings (SSSR count). The maximum Gasteiger partial charge on any atom is 0.435 e. The summed E-state index contributed by atoms with van der Waals surface area (Å²) in [7, 11) is 0. The largest absolute Gasteiger partial charge is 0.507 e. The fraction of sp³-hybridized carbons (Fsp3) is 0.214. The maximum absolute atomic E-state index is 13.4. The third-order valence-electron chi connectivity index (χ3n) is 6.52. The van der Waals surface area contributed by atoms with E-state index in [1.165, 1.54) is 24.3 Å². The van der Waals surface area contributed by atoms with Gasteiger partial charge in [-0.1, -0.05) is 61.0 Å². The number of hydrogen-bond donors (Lipinski definition) is 1. The fourth-order valence-electron chi connectivity index (χ4n) is 4.32. The molecule has 4 aromatic rings. The Labute approximate surface area is 216 Å². The van der Waals surface area contributed by atoms with Gasteiger partial charge in [-0.2, -0.15) is 18.3 Å². The first-order chi connectivity index (χ1) is 17.6. The van der Waals surface area contributed by atoms with Gasteiger partial charge in [-0.15, -0.1) is 0 Å². The Hall–Kier alpha value is -3.78. The van der Waals surface area contributed by atoms with E-state index in [-0.39, 0.29) is 28.6 Å². The van der Waals surface area contributed by atoms with Crippen molar-refractivity contribution < 1.29 is 27.8 Å². The summed E-state index contributed by atoms with van der Waals surface area (Å²) in [6.45, 7) is 2.02. The number of para-hydroxylation sites is 2. The second-order valence-electron chi connectivity index (χ2n) is 9.10. The molecule has 0 bridgehead atoms. The predicted octanol–water partition coefficient (Wildman–Crippen LogP) is 7.40. The Morgan fingerprint density at radius 2 is 1.81 bits per heavy atom. The van der Waals surface area contributed by atoms with Crippen molar-refractivity contribution in [2.24, 2.45) is 5.92 Å². The van der Waals surface area contributed by atoms with Crippen molar-refractivity contribution in [2.75, 3.05) is 0 Å².